The number of allylic oxidation sites excluding steroid dienone is 2. The summed E-state index contributed by atoms with van der Waals surface area (Å²) in [6.07, 6.45) is 32.5. The van der Waals surface area contributed by atoms with E-state index in [1.807, 2.05) is 0 Å². The first-order valence-corrected chi connectivity index (χ1v) is 21.1. The van der Waals surface area contributed by atoms with Crippen molar-refractivity contribution in [3.63, 3.8) is 0 Å². The number of carbonyl (C=O) groups excluding carboxylic acids is 2. The van der Waals surface area contributed by atoms with Crippen LogP contribution in [0.5, 0.6) is 0 Å². The fourth-order valence-electron chi connectivity index (χ4n) is 5.37. The molecule has 0 radical (unpaired) electrons. The SMILES string of the molecule is CCCCCC/C=C\CCCCCCCCCC(=O)OCC(COP(=O)(O)OCCNC)OC(=O)CCCCCCCCCCCCC. The van der Waals surface area contributed by atoms with E-state index in [1.165, 1.54) is 116 Å². The number of ether oxygens (including phenoxy) is 2. The molecule has 0 saturated carbocycles. The number of nitrogens with one attached hydrogen (secondary N) is 1. The Bertz CT molecular complexity index is 810. The fraction of sp³-hybridized carbons (Fsp3) is 0.895. The Hall–Kier alpha value is -1.25. The van der Waals surface area contributed by atoms with E-state index in [1.54, 1.807) is 7.05 Å². The summed E-state index contributed by atoms with van der Waals surface area (Å²) >= 11 is 0. The van der Waals surface area contributed by atoms with Gasteiger partial charge in [0.05, 0.1) is 13.2 Å². The van der Waals surface area contributed by atoms with E-state index in [0.29, 0.717) is 13.0 Å². The highest BCUT2D eigenvalue weighted by Gasteiger charge is 2.26. The van der Waals surface area contributed by atoms with E-state index < -0.39 is 26.5 Å². The minimum Gasteiger partial charge on any atom is -0.462 e. The van der Waals surface area contributed by atoms with E-state index in [-0.39, 0.29) is 32.0 Å². The van der Waals surface area contributed by atoms with Gasteiger partial charge in [-0.1, -0.05) is 142 Å². The van der Waals surface area contributed by atoms with Crippen molar-refractivity contribution in [3.05, 3.63) is 12.2 Å². The highest BCUT2D eigenvalue weighted by atomic mass is 31.2. The Morgan fingerprint density at radius 2 is 1.06 bits per heavy atom. The lowest BCUT2D eigenvalue weighted by atomic mass is 10.1. The Balaban J connectivity index is 4.25. The number of carbonyl (C=O) groups is 2. The minimum absolute atomic E-state index is 0.0147. The second-order valence-corrected chi connectivity index (χ2v) is 14.6. The molecule has 0 rings (SSSR count). The van der Waals surface area contributed by atoms with Crippen LogP contribution in [-0.4, -0.2) is 56.3 Å². The van der Waals surface area contributed by atoms with Crippen LogP contribution in [0.1, 0.15) is 181 Å². The lowest BCUT2D eigenvalue weighted by Gasteiger charge is -2.20. The molecule has 0 aromatic carbocycles. The summed E-state index contributed by atoms with van der Waals surface area (Å²) < 4.78 is 33.0. The molecule has 2 unspecified atom stereocenters. The van der Waals surface area contributed by atoms with Gasteiger partial charge in [0.2, 0.25) is 0 Å². The summed E-state index contributed by atoms with van der Waals surface area (Å²) in [5.41, 5.74) is 0. The number of likely N-dealkylation sites (N-methyl/N-ethyl adjacent to an activating group) is 1. The minimum atomic E-state index is -4.34. The topological polar surface area (TPSA) is 120 Å². The van der Waals surface area contributed by atoms with Gasteiger partial charge in [-0.15, -0.1) is 0 Å². The quantitative estimate of drug-likeness (QED) is 0.0282. The van der Waals surface area contributed by atoms with Gasteiger partial charge < -0.3 is 19.7 Å². The summed E-state index contributed by atoms with van der Waals surface area (Å²) in [5, 5.41) is 2.82. The Kier molecular flexibility index (Phi) is 34.6. The number of rotatable bonds is 37. The molecule has 0 aromatic heterocycles. The van der Waals surface area contributed by atoms with Crippen molar-refractivity contribution < 1.29 is 37.6 Å². The number of unbranched alkanes of at least 4 members (excludes halogenated alkanes) is 21. The average Bonchev–Trinajstić information content (AvgIpc) is 3.06. The van der Waals surface area contributed by atoms with Crippen LogP contribution in [0, 0.1) is 0 Å². The predicted octanol–water partition coefficient (Wildman–Crippen LogP) is 10.5. The molecule has 2 atom stereocenters. The maximum atomic E-state index is 12.5. The molecule has 9 nitrogen and oxygen atoms in total. The van der Waals surface area contributed by atoms with Gasteiger partial charge in [-0.3, -0.25) is 18.6 Å². The molecular weight excluding hydrogens is 629 g/mol. The average molecular weight is 704 g/mol. The second kappa shape index (κ2) is 35.6. The summed E-state index contributed by atoms with van der Waals surface area (Å²) in [6.45, 7) is 4.20. The van der Waals surface area contributed by atoms with Crippen molar-refractivity contribution in [3.8, 4) is 0 Å². The summed E-state index contributed by atoms with van der Waals surface area (Å²) in [4.78, 5) is 34.9. The lowest BCUT2D eigenvalue weighted by molar-refractivity contribution is -0.161. The van der Waals surface area contributed by atoms with E-state index in [0.717, 1.165) is 32.1 Å². The third-order valence-electron chi connectivity index (χ3n) is 8.39. The smallest absolute Gasteiger partial charge is 0.462 e. The zero-order valence-corrected chi connectivity index (χ0v) is 32.1. The van der Waals surface area contributed by atoms with Gasteiger partial charge in [-0.2, -0.15) is 0 Å². The molecule has 284 valence electrons. The number of phosphoric ester groups is 1. The molecule has 0 aliphatic rings. The standard InChI is InChI=1S/C38H74NO8P/c1-4-6-8-10-12-14-16-17-18-19-21-22-24-26-28-30-37(40)44-34-36(35-46-48(42,43)45-33-32-39-3)47-38(41)31-29-27-25-23-20-15-13-11-9-7-5-2/h14,16,36,39H,4-13,15,17-35H2,1-3H3,(H,42,43)/b16-14-. The Morgan fingerprint density at radius 3 is 1.56 bits per heavy atom. The fourth-order valence-corrected chi connectivity index (χ4v) is 6.12. The monoisotopic (exact) mass is 704 g/mol. The molecular formula is C38H74NO8P. The third-order valence-corrected chi connectivity index (χ3v) is 9.37. The molecule has 0 heterocycles. The zero-order chi connectivity index (χ0) is 35.4. The summed E-state index contributed by atoms with van der Waals surface area (Å²) in [7, 11) is -2.64. The maximum Gasteiger partial charge on any atom is 0.472 e. The Morgan fingerprint density at radius 1 is 0.625 bits per heavy atom. The van der Waals surface area contributed by atoms with Crippen molar-refractivity contribution in [2.75, 3.05) is 33.4 Å². The van der Waals surface area contributed by atoms with E-state index >= 15 is 0 Å². The van der Waals surface area contributed by atoms with Gasteiger partial charge in [0, 0.05) is 19.4 Å². The van der Waals surface area contributed by atoms with Crippen molar-refractivity contribution in [1.82, 2.24) is 5.32 Å². The van der Waals surface area contributed by atoms with Gasteiger partial charge in [0.25, 0.3) is 0 Å². The van der Waals surface area contributed by atoms with Crippen LogP contribution in [0.2, 0.25) is 0 Å². The van der Waals surface area contributed by atoms with Crippen LogP contribution in [-0.2, 0) is 32.7 Å². The van der Waals surface area contributed by atoms with E-state index in [2.05, 4.69) is 31.3 Å². The van der Waals surface area contributed by atoms with Crippen LogP contribution < -0.4 is 5.32 Å². The number of esters is 2. The first kappa shape index (κ1) is 46.8. The maximum absolute atomic E-state index is 12.5. The molecule has 0 bridgehead atoms. The van der Waals surface area contributed by atoms with Crippen LogP contribution in [0.25, 0.3) is 0 Å². The van der Waals surface area contributed by atoms with Gasteiger partial charge in [0.15, 0.2) is 6.10 Å². The van der Waals surface area contributed by atoms with Crippen molar-refractivity contribution in [2.45, 2.75) is 187 Å². The van der Waals surface area contributed by atoms with Gasteiger partial charge in [-0.25, -0.2) is 4.57 Å². The van der Waals surface area contributed by atoms with Crippen LogP contribution >= 0.6 is 7.82 Å². The van der Waals surface area contributed by atoms with Gasteiger partial charge >= 0.3 is 19.8 Å². The molecule has 0 fully saturated rings. The van der Waals surface area contributed by atoms with E-state index in [4.69, 9.17) is 18.5 Å². The van der Waals surface area contributed by atoms with Crippen LogP contribution in [0.15, 0.2) is 12.2 Å². The lowest BCUT2D eigenvalue weighted by Crippen LogP contribution is -2.29. The molecule has 0 aliphatic carbocycles. The number of phosphoric acid groups is 1. The highest BCUT2D eigenvalue weighted by molar-refractivity contribution is 7.47. The second-order valence-electron chi connectivity index (χ2n) is 13.1. The van der Waals surface area contributed by atoms with E-state index in [9.17, 15) is 19.0 Å². The molecule has 0 amide bonds. The van der Waals surface area contributed by atoms with Gasteiger partial charge in [0.1, 0.15) is 6.61 Å². The molecule has 0 spiro atoms. The molecule has 48 heavy (non-hydrogen) atoms. The normalized spacial score (nSPS) is 13.5. The van der Waals surface area contributed by atoms with Crippen molar-refractivity contribution >= 4 is 19.8 Å². The van der Waals surface area contributed by atoms with Crippen molar-refractivity contribution in [1.29, 1.82) is 0 Å². The van der Waals surface area contributed by atoms with Crippen LogP contribution in [0.3, 0.4) is 0 Å². The van der Waals surface area contributed by atoms with Crippen LogP contribution in [0.4, 0.5) is 0 Å². The van der Waals surface area contributed by atoms with Gasteiger partial charge in [-0.05, 0) is 45.6 Å². The third kappa shape index (κ3) is 34.6. The van der Waals surface area contributed by atoms with Crippen molar-refractivity contribution in [2.24, 2.45) is 0 Å². The summed E-state index contributed by atoms with van der Waals surface area (Å²) in [6, 6.07) is 0. The number of hydrogen-bond acceptors (Lipinski definition) is 8. The molecule has 0 aromatic rings. The first-order chi connectivity index (χ1) is 23.3. The largest absolute Gasteiger partial charge is 0.472 e. The zero-order valence-electron chi connectivity index (χ0n) is 31.2. The molecule has 2 N–H and O–H groups in total. The Labute approximate surface area is 294 Å². The molecule has 10 heteroatoms. The summed E-state index contributed by atoms with van der Waals surface area (Å²) in [5.74, 6) is -0.807. The number of hydrogen-bond donors (Lipinski definition) is 2. The predicted molar refractivity (Wildman–Crippen MR) is 197 cm³/mol. The molecule has 0 aliphatic heterocycles. The first-order valence-electron chi connectivity index (χ1n) is 19.6. The highest BCUT2D eigenvalue weighted by Crippen LogP contribution is 2.43. The molecule has 0 saturated heterocycles.